The van der Waals surface area contributed by atoms with Crippen LogP contribution in [0, 0.1) is 5.82 Å². The van der Waals surface area contributed by atoms with Crippen molar-refractivity contribution in [2.45, 2.75) is 32.8 Å². The molecular weight excluding hydrogens is 253 g/mol. The summed E-state index contributed by atoms with van der Waals surface area (Å²) in [6.45, 7) is 4.43. The number of para-hydroxylation sites is 1. The Balaban J connectivity index is 2.19. The average Bonchev–Trinajstić information content (AvgIpc) is 2.46. The highest BCUT2D eigenvalue weighted by atomic mass is 19.1. The molecule has 0 radical (unpaired) electrons. The number of anilines is 1. The molecular formula is C17H20FNO. The molecule has 0 aliphatic heterocycles. The molecule has 0 bridgehead atoms. The molecule has 0 heterocycles. The first-order valence-electron chi connectivity index (χ1n) is 6.88. The largest absolute Gasteiger partial charge is 0.488 e. The maximum Gasteiger partial charge on any atom is 0.131 e. The predicted molar refractivity (Wildman–Crippen MR) is 80.3 cm³/mol. The SMILES string of the molecule is CCC(C)c1ccccc1OCc1c(N)cccc1F. The minimum absolute atomic E-state index is 0.145. The van der Waals surface area contributed by atoms with E-state index < -0.39 is 0 Å². The Morgan fingerprint density at radius 3 is 2.60 bits per heavy atom. The van der Waals surface area contributed by atoms with Gasteiger partial charge in [0.15, 0.2) is 0 Å². The van der Waals surface area contributed by atoms with Gasteiger partial charge in [-0.2, -0.15) is 0 Å². The molecule has 0 spiro atoms. The number of benzene rings is 2. The van der Waals surface area contributed by atoms with Crippen LogP contribution in [0.2, 0.25) is 0 Å². The highest BCUT2D eigenvalue weighted by molar-refractivity contribution is 5.47. The lowest BCUT2D eigenvalue weighted by Crippen LogP contribution is -2.05. The summed E-state index contributed by atoms with van der Waals surface area (Å²) in [5, 5.41) is 0. The van der Waals surface area contributed by atoms with E-state index in [1.165, 1.54) is 6.07 Å². The fraction of sp³-hybridized carbons (Fsp3) is 0.294. The molecule has 0 saturated heterocycles. The van der Waals surface area contributed by atoms with Crippen LogP contribution in [0.5, 0.6) is 5.75 Å². The highest BCUT2D eigenvalue weighted by Crippen LogP contribution is 2.29. The maximum absolute atomic E-state index is 13.7. The van der Waals surface area contributed by atoms with E-state index in [9.17, 15) is 4.39 Å². The summed E-state index contributed by atoms with van der Waals surface area (Å²) in [4.78, 5) is 0. The summed E-state index contributed by atoms with van der Waals surface area (Å²) < 4.78 is 19.5. The smallest absolute Gasteiger partial charge is 0.131 e. The summed E-state index contributed by atoms with van der Waals surface area (Å²) in [5.74, 6) is 0.875. The topological polar surface area (TPSA) is 35.2 Å². The van der Waals surface area contributed by atoms with E-state index in [1.54, 1.807) is 12.1 Å². The Bertz CT molecular complexity index is 563. The number of rotatable bonds is 5. The molecule has 106 valence electrons. The zero-order valence-corrected chi connectivity index (χ0v) is 11.9. The summed E-state index contributed by atoms with van der Waals surface area (Å²) in [5.41, 5.74) is 7.76. The lowest BCUT2D eigenvalue weighted by atomic mass is 9.98. The number of hydrogen-bond acceptors (Lipinski definition) is 2. The molecule has 2 aromatic carbocycles. The molecule has 20 heavy (non-hydrogen) atoms. The van der Waals surface area contributed by atoms with Crippen molar-refractivity contribution in [1.29, 1.82) is 0 Å². The van der Waals surface area contributed by atoms with Crippen molar-refractivity contribution in [1.82, 2.24) is 0 Å². The van der Waals surface area contributed by atoms with Gasteiger partial charge in [0.2, 0.25) is 0 Å². The summed E-state index contributed by atoms with van der Waals surface area (Å²) >= 11 is 0. The van der Waals surface area contributed by atoms with Crippen LogP contribution in [-0.4, -0.2) is 0 Å². The van der Waals surface area contributed by atoms with Gasteiger partial charge in [-0.3, -0.25) is 0 Å². The van der Waals surface area contributed by atoms with Crippen LogP contribution in [0.1, 0.15) is 37.3 Å². The first-order valence-corrected chi connectivity index (χ1v) is 6.88. The Hall–Kier alpha value is -2.03. The van der Waals surface area contributed by atoms with Gasteiger partial charge in [-0.05, 0) is 36.1 Å². The molecule has 0 aromatic heterocycles. The van der Waals surface area contributed by atoms with Gasteiger partial charge in [-0.15, -0.1) is 0 Å². The first-order chi connectivity index (χ1) is 9.63. The molecule has 0 saturated carbocycles. The molecule has 2 nitrogen and oxygen atoms in total. The molecule has 0 aliphatic rings. The van der Waals surface area contributed by atoms with Crippen molar-refractivity contribution in [2.24, 2.45) is 0 Å². The zero-order chi connectivity index (χ0) is 14.5. The third-order valence-electron chi connectivity index (χ3n) is 3.59. The van der Waals surface area contributed by atoms with E-state index in [-0.39, 0.29) is 12.4 Å². The number of nitrogen functional groups attached to an aromatic ring is 1. The molecule has 3 heteroatoms. The van der Waals surface area contributed by atoms with Crippen molar-refractivity contribution in [3.05, 3.63) is 59.4 Å². The molecule has 1 atom stereocenters. The summed E-state index contributed by atoms with van der Waals surface area (Å²) in [6.07, 6.45) is 1.03. The minimum atomic E-state index is -0.328. The van der Waals surface area contributed by atoms with Crippen molar-refractivity contribution in [3.8, 4) is 5.75 Å². The van der Waals surface area contributed by atoms with Crippen LogP contribution in [0.3, 0.4) is 0 Å². The van der Waals surface area contributed by atoms with E-state index in [4.69, 9.17) is 10.5 Å². The normalized spacial score (nSPS) is 12.2. The van der Waals surface area contributed by atoms with Crippen LogP contribution in [0.4, 0.5) is 10.1 Å². The lowest BCUT2D eigenvalue weighted by molar-refractivity contribution is 0.296. The van der Waals surface area contributed by atoms with Crippen molar-refractivity contribution in [3.63, 3.8) is 0 Å². The van der Waals surface area contributed by atoms with Crippen molar-refractivity contribution < 1.29 is 9.13 Å². The number of ether oxygens (including phenoxy) is 1. The van der Waals surface area contributed by atoms with E-state index >= 15 is 0 Å². The summed E-state index contributed by atoms with van der Waals surface area (Å²) in [6, 6.07) is 12.6. The van der Waals surface area contributed by atoms with Gasteiger partial charge in [0.1, 0.15) is 18.2 Å². The fourth-order valence-electron chi connectivity index (χ4n) is 2.12. The van der Waals surface area contributed by atoms with E-state index in [1.807, 2.05) is 24.3 Å². The second kappa shape index (κ2) is 6.42. The van der Waals surface area contributed by atoms with E-state index in [0.29, 0.717) is 17.2 Å². The van der Waals surface area contributed by atoms with Crippen LogP contribution in [0.15, 0.2) is 42.5 Å². The zero-order valence-electron chi connectivity index (χ0n) is 11.9. The minimum Gasteiger partial charge on any atom is -0.488 e. The second-order valence-electron chi connectivity index (χ2n) is 4.94. The van der Waals surface area contributed by atoms with E-state index in [2.05, 4.69) is 13.8 Å². The third-order valence-corrected chi connectivity index (χ3v) is 3.59. The van der Waals surface area contributed by atoms with Gasteiger partial charge in [-0.25, -0.2) is 4.39 Å². The monoisotopic (exact) mass is 273 g/mol. The molecule has 0 fully saturated rings. The standard InChI is InChI=1S/C17H20FNO/c1-3-12(2)13-7-4-5-10-17(13)20-11-14-15(18)8-6-9-16(14)19/h4-10,12H,3,11,19H2,1-2H3. The Morgan fingerprint density at radius 1 is 1.15 bits per heavy atom. The molecule has 0 amide bonds. The van der Waals surface area contributed by atoms with Crippen LogP contribution in [0.25, 0.3) is 0 Å². The third kappa shape index (κ3) is 3.10. The molecule has 1 unspecified atom stereocenters. The van der Waals surface area contributed by atoms with Gasteiger partial charge in [0.25, 0.3) is 0 Å². The van der Waals surface area contributed by atoms with Crippen molar-refractivity contribution in [2.75, 3.05) is 5.73 Å². The van der Waals surface area contributed by atoms with E-state index in [0.717, 1.165) is 17.7 Å². The molecule has 2 rings (SSSR count). The Kier molecular flexibility index (Phi) is 4.61. The van der Waals surface area contributed by atoms with Crippen molar-refractivity contribution >= 4 is 5.69 Å². The van der Waals surface area contributed by atoms with Gasteiger partial charge < -0.3 is 10.5 Å². The lowest BCUT2D eigenvalue weighted by Gasteiger charge is -2.16. The number of halogens is 1. The van der Waals surface area contributed by atoms with Gasteiger partial charge >= 0.3 is 0 Å². The molecule has 2 N–H and O–H groups in total. The first kappa shape index (κ1) is 14.4. The highest BCUT2D eigenvalue weighted by Gasteiger charge is 2.11. The summed E-state index contributed by atoms with van der Waals surface area (Å²) in [7, 11) is 0. The molecule has 0 aliphatic carbocycles. The quantitative estimate of drug-likeness (QED) is 0.814. The van der Waals surface area contributed by atoms with Gasteiger partial charge in [0.05, 0.1) is 0 Å². The average molecular weight is 273 g/mol. The fourth-order valence-corrected chi connectivity index (χ4v) is 2.12. The van der Waals surface area contributed by atoms with Crippen LogP contribution >= 0.6 is 0 Å². The predicted octanol–water partition coefficient (Wildman–Crippen LogP) is 4.50. The van der Waals surface area contributed by atoms with Gasteiger partial charge in [0, 0.05) is 11.3 Å². The Morgan fingerprint density at radius 2 is 1.90 bits per heavy atom. The number of hydrogen-bond donors (Lipinski definition) is 1. The maximum atomic E-state index is 13.7. The molecule has 2 aromatic rings. The number of nitrogens with two attached hydrogens (primary N) is 1. The second-order valence-corrected chi connectivity index (χ2v) is 4.94. The van der Waals surface area contributed by atoms with Gasteiger partial charge in [-0.1, -0.05) is 38.1 Å². The van der Waals surface area contributed by atoms with Crippen LogP contribution in [-0.2, 0) is 6.61 Å². The van der Waals surface area contributed by atoms with Crippen LogP contribution < -0.4 is 10.5 Å². The Labute approximate surface area is 119 Å².